The number of aromatic nitrogens is 2. The van der Waals surface area contributed by atoms with Crippen molar-refractivity contribution in [1.82, 2.24) is 9.55 Å². The molecule has 0 bridgehead atoms. The number of benzene rings is 2. The number of anilines is 2. The van der Waals surface area contributed by atoms with Gasteiger partial charge < -0.3 is 9.88 Å². The van der Waals surface area contributed by atoms with Crippen molar-refractivity contribution in [3.8, 4) is 5.69 Å². The Kier molecular flexibility index (Phi) is 5.15. The molecule has 0 fully saturated rings. The molecule has 0 unspecified atom stereocenters. The van der Waals surface area contributed by atoms with Crippen molar-refractivity contribution in [2.45, 2.75) is 4.90 Å². The Morgan fingerprint density at radius 1 is 1.00 bits per heavy atom. The second-order valence-corrected chi connectivity index (χ2v) is 8.64. The number of nitrogens with one attached hydrogen (secondary N) is 2. The highest BCUT2D eigenvalue weighted by molar-refractivity contribution is 7.93. The molecule has 9 heteroatoms. The van der Waals surface area contributed by atoms with E-state index in [4.69, 9.17) is 0 Å². The lowest BCUT2D eigenvalue weighted by atomic mass is 10.2. The van der Waals surface area contributed by atoms with Crippen molar-refractivity contribution in [3.05, 3.63) is 90.2 Å². The van der Waals surface area contributed by atoms with Gasteiger partial charge in [0.05, 0.1) is 4.90 Å². The van der Waals surface area contributed by atoms with E-state index in [1.165, 1.54) is 29.7 Å². The number of rotatable bonds is 6. The zero-order valence-corrected chi connectivity index (χ0v) is 16.7. The molecule has 0 aliphatic carbocycles. The maximum atomic E-state index is 12.6. The number of carbonyl (C=O) groups is 1. The van der Waals surface area contributed by atoms with Crippen molar-refractivity contribution < 1.29 is 13.2 Å². The summed E-state index contributed by atoms with van der Waals surface area (Å²) in [5, 5.41) is 4.76. The molecule has 7 nitrogen and oxygen atoms in total. The fraction of sp³-hybridized carbons (Fsp3) is 0. The summed E-state index contributed by atoms with van der Waals surface area (Å²) >= 11 is 1.19. The molecule has 1 amide bonds. The summed E-state index contributed by atoms with van der Waals surface area (Å²) < 4.78 is 29.1. The molecule has 0 aliphatic heterocycles. The van der Waals surface area contributed by atoms with Crippen LogP contribution in [0, 0.1) is 0 Å². The zero-order valence-electron chi connectivity index (χ0n) is 15.0. The van der Waals surface area contributed by atoms with Crippen LogP contribution in [-0.2, 0) is 10.0 Å². The molecule has 0 saturated heterocycles. The van der Waals surface area contributed by atoms with E-state index in [-0.39, 0.29) is 10.8 Å². The van der Waals surface area contributed by atoms with Gasteiger partial charge in [0.25, 0.3) is 15.9 Å². The molecule has 4 aromatic rings. The number of sulfonamides is 1. The van der Waals surface area contributed by atoms with Crippen LogP contribution in [0.15, 0.2) is 89.5 Å². The highest BCUT2D eigenvalue weighted by Crippen LogP contribution is 2.20. The topological polar surface area (TPSA) is 93.1 Å². The number of hydrogen-bond acceptors (Lipinski definition) is 5. The van der Waals surface area contributed by atoms with Crippen LogP contribution >= 0.6 is 11.3 Å². The van der Waals surface area contributed by atoms with Crippen LogP contribution in [0.25, 0.3) is 5.69 Å². The number of hydrogen-bond donors (Lipinski definition) is 2. The van der Waals surface area contributed by atoms with Crippen molar-refractivity contribution >= 4 is 38.1 Å². The third-order valence-electron chi connectivity index (χ3n) is 4.09. The summed E-state index contributed by atoms with van der Waals surface area (Å²) in [7, 11) is -3.73. The lowest BCUT2D eigenvalue weighted by molar-refractivity contribution is 0.102. The third-order valence-corrected chi connectivity index (χ3v) is 6.26. The van der Waals surface area contributed by atoms with Crippen LogP contribution in [0.3, 0.4) is 0 Å². The molecule has 0 aliphatic rings. The first-order valence-corrected chi connectivity index (χ1v) is 10.9. The Hall–Kier alpha value is -3.43. The molecule has 0 radical (unpaired) electrons. The van der Waals surface area contributed by atoms with Crippen LogP contribution in [0.4, 0.5) is 10.8 Å². The third kappa shape index (κ3) is 4.36. The first-order valence-electron chi connectivity index (χ1n) is 8.58. The van der Waals surface area contributed by atoms with Gasteiger partial charge in [-0.1, -0.05) is 6.07 Å². The van der Waals surface area contributed by atoms with Gasteiger partial charge in [-0.2, -0.15) is 0 Å². The molecule has 0 spiro atoms. The Morgan fingerprint density at radius 3 is 2.45 bits per heavy atom. The smallest absolute Gasteiger partial charge is 0.263 e. The average molecular weight is 425 g/mol. The van der Waals surface area contributed by atoms with Crippen LogP contribution in [0.2, 0.25) is 0 Å². The van der Waals surface area contributed by atoms with Crippen molar-refractivity contribution in [1.29, 1.82) is 0 Å². The second kappa shape index (κ2) is 7.90. The van der Waals surface area contributed by atoms with E-state index in [9.17, 15) is 13.2 Å². The normalized spacial score (nSPS) is 11.2. The van der Waals surface area contributed by atoms with E-state index in [0.29, 0.717) is 16.4 Å². The molecule has 2 heterocycles. The zero-order chi connectivity index (χ0) is 20.3. The second-order valence-electron chi connectivity index (χ2n) is 6.06. The minimum absolute atomic E-state index is 0.0836. The van der Waals surface area contributed by atoms with Gasteiger partial charge in [0.15, 0.2) is 5.13 Å². The van der Waals surface area contributed by atoms with Gasteiger partial charge >= 0.3 is 0 Å². The Bertz CT molecular complexity index is 1220. The standard InChI is InChI=1S/C20H16N4O3S2/c25-19(15-4-3-5-17(14-15)24-11-1-2-12-24)22-16-6-8-18(9-7-16)29(26,27)23-20-21-10-13-28-20/h1-14H,(H,21,23)(H,22,25). The van der Waals surface area contributed by atoms with E-state index < -0.39 is 10.0 Å². The van der Waals surface area contributed by atoms with Crippen molar-refractivity contribution in [2.24, 2.45) is 0 Å². The minimum Gasteiger partial charge on any atom is -0.324 e. The van der Waals surface area contributed by atoms with Gasteiger partial charge in [-0.3, -0.25) is 9.52 Å². The van der Waals surface area contributed by atoms with Crippen LogP contribution < -0.4 is 10.0 Å². The first kappa shape index (κ1) is 18.9. The van der Waals surface area contributed by atoms with Crippen molar-refractivity contribution in [3.63, 3.8) is 0 Å². The fourth-order valence-corrected chi connectivity index (χ4v) is 4.47. The van der Waals surface area contributed by atoms with Gasteiger partial charge in [0, 0.05) is 40.9 Å². The van der Waals surface area contributed by atoms with E-state index in [1.54, 1.807) is 29.6 Å². The first-order chi connectivity index (χ1) is 14.0. The van der Waals surface area contributed by atoms with Crippen LogP contribution in [0.1, 0.15) is 10.4 Å². The lowest BCUT2D eigenvalue weighted by Gasteiger charge is -2.09. The van der Waals surface area contributed by atoms with Crippen molar-refractivity contribution in [2.75, 3.05) is 10.0 Å². The van der Waals surface area contributed by atoms with Gasteiger partial charge in [0.1, 0.15) is 0 Å². The van der Waals surface area contributed by atoms with E-state index >= 15 is 0 Å². The molecule has 146 valence electrons. The number of amides is 1. The molecular weight excluding hydrogens is 408 g/mol. The molecule has 0 atom stereocenters. The highest BCUT2D eigenvalue weighted by atomic mass is 32.2. The maximum Gasteiger partial charge on any atom is 0.263 e. The molecule has 2 aromatic carbocycles. The number of thiazole rings is 1. The Labute approximate surface area is 171 Å². The summed E-state index contributed by atoms with van der Waals surface area (Å²) in [5.41, 5.74) is 1.87. The van der Waals surface area contributed by atoms with Gasteiger partial charge in [-0.05, 0) is 54.6 Å². The predicted octanol–water partition coefficient (Wildman–Crippen LogP) is 3.99. The summed E-state index contributed by atoms with van der Waals surface area (Å²) in [6, 6.07) is 17.0. The van der Waals surface area contributed by atoms with Crippen LogP contribution in [-0.4, -0.2) is 23.9 Å². The Balaban J connectivity index is 1.48. The number of nitrogens with zero attached hydrogens (tertiary/aromatic N) is 2. The SMILES string of the molecule is O=C(Nc1ccc(S(=O)(=O)Nc2nccs2)cc1)c1cccc(-n2cccc2)c1. The molecule has 0 saturated carbocycles. The fourth-order valence-electron chi connectivity index (χ4n) is 2.68. The maximum absolute atomic E-state index is 12.6. The van der Waals surface area contributed by atoms with Crippen LogP contribution in [0.5, 0.6) is 0 Å². The van der Waals surface area contributed by atoms with Gasteiger partial charge in [-0.25, -0.2) is 13.4 Å². The largest absolute Gasteiger partial charge is 0.324 e. The summed E-state index contributed by atoms with van der Waals surface area (Å²) in [4.78, 5) is 16.6. The highest BCUT2D eigenvalue weighted by Gasteiger charge is 2.16. The minimum atomic E-state index is -3.73. The Morgan fingerprint density at radius 2 is 1.76 bits per heavy atom. The van der Waals surface area contributed by atoms with E-state index in [0.717, 1.165) is 5.69 Å². The molecule has 4 rings (SSSR count). The summed E-state index contributed by atoms with van der Waals surface area (Å²) in [6.07, 6.45) is 5.32. The molecular formula is C20H16N4O3S2. The monoisotopic (exact) mass is 424 g/mol. The summed E-state index contributed by atoms with van der Waals surface area (Å²) in [5.74, 6) is -0.282. The predicted molar refractivity (Wildman–Crippen MR) is 113 cm³/mol. The quantitative estimate of drug-likeness (QED) is 0.489. The molecule has 2 aromatic heterocycles. The van der Waals surface area contributed by atoms with E-state index in [2.05, 4.69) is 15.0 Å². The molecule has 29 heavy (non-hydrogen) atoms. The average Bonchev–Trinajstić information content (AvgIpc) is 3.42. The number of carbonyl (C=O) groups excluding carboxylic acids is 1. The lowest BCUT2D eigenvalue weighted by Crippen LogP contribution is -2.14. The van der Waals surface area contributed by atoms with Gasteiger partial charge in [-0.15, -0.1) is 11.3 Å². The molecule has 2 N–H and O–H groups in total. The van der Waals surface area contributed by atoms with E-state index in [1.807, 2.05) is 41.2 Å². The van der Waals surface area contributed by atoms with Gasteiger partial charge in [0.2, 0.25) is 0 Å². The summed E-state index contributed by atoms with van der Waals surface area (Å²) in [6.45, 7) is 0.